The highest BCUT2D eigenvalue weighted by molar-refractivity contribution is 5.99. The van der Waals surface area contributed by atoms with Crippen molar-refractivity contribution in [3.63, 3.8) is 0 Å². The van der Waals surface area contributed by atoms with E-state index in [0.717, 1.165) is 43.7 Å². The van der Waals surface area contributed by atoms with Crippen LogP contribution in [0, 0.1) is 0 Å². The number of hydrogen-bond donors (Lipinski definition) is 2. The van der Waals surface area contributed by atoms with E-state index in [-0.39, 0.29) is 17.9 Å². The maximum atomic E-state index is 13.0. The summed E-state index contributed by atoms with van der Waals surface area (Å²) in [6.45, 7) is 2.39. The Hall–Kier alpha value is -2.90. The van der Waals surface area contributed by atoms with Crippen molar-refractivity contribution < 1.29 is 19.4 Å². The van der Waals surface area contributed by atoms with E-state index >= 15 is 0 Å². The minimum absolute atomic E-state index is 0.0923. The number of aliphatic hydroxyl groups is 1. The number of rotatable bonds is 4. The van der Waals surface area contributed by atoms with Crippen LogP contribution in [-0.2, 0) is 24.4 Å². The molecule has 0 radical (unpaired) electrons. The third-order valence-electron chi connectivity index (χ3n) is 7.69. The van der Waals surface area contributed by atoms with E-state index in [2.05, 4.69) is 34.5 Å². The Balaban J connectivity index is 1.15. The largest absolute Gasteiger partial charge is 0.489 e. The number of carbonyl (C=O) groups excluding carboxylic acids is 2. The molecular weight excluding hydrogens is 418 g/mol. The highest BCUT2D eigenvalue weighted by atomic mass is 16.5. The summed E-state index contributed by atoms with van der Waals surface area (Å²) in [7, 11) is 0. The lowest BCUT2D eigenvalue weighted by atomic mass is 10.0. The molecule has 2 aromatic carbocycles. The van der Waals surface area contributed by atoms with Crippen LogP contribution in [0.3, 0.4) is 0 Å². The molecule has 7 nitrogen and oxygen atoms in total. The molecule has 0 spiro atoms. The van der Waals surface area contributed by atoms with E-state index in [4.69, 9.17) is 4.74 Å². The first-order chi connectivity index (χ1) is 16.1. The third kappa shape index (κ3) is 3.69. The molecule has 4 atom stereocenters. The van der Waals surface area contributed by atoms with Gasteiger partial charge in [0.15, 0.2) is 0 Å². The number of aliphatic hydroxyl groups excluding tert-OH is 1. The lowest BCUT2D eigenvalue weighted by Crippen LogP contribution is -2.55. The molecule has 7 heteroatoms. The lowest BCUT2D eigenvalue weighted by molar-refractivity contribution is -0.129. The Bertz CT molecular complexity index is 1080. The summed E-state index contributed by atoms with van der Waals surface area (Å²) in [4.78, 5) is 28.7. The number of nitrogens with zero attached hydrogens (tertiary/aromatic N) is 2. The molecule has 2 unspecified atom stereocenters. The SMILES string of the molecule is O=C1CCC(N2Cc3cc(O[C@@H]4CCC[C@H]4N4Cc5ccccc5C4)ccc3C2=O)C(O)N1. The van der Waals surface area contributed by atoms with Gasteiger partial charge in [0.1, 0.15) is 18.1 Å². The Morgan fingerprint density at radius 2 is 1.70 bits per heavy atom. The van der Waals surface area contributed by atoms with Crippen LogP contribution in [0.15, 0.2) is 42.5 Å². The number of ether oxygens (including phenoxy) is 1. The standard InChI is InChI=1S/C26H29N3O4/c30-24-11-10-22(25(31)27-24)29-15-18-12-19(8-9-20(18)26(29)32)33-23-7-3-6-21(23)28-13-16-4-1-2-5-17(16)14-28/h1-2,4-5,8-9,12,21-23,25,31H,3,6-7,10-11,13-15H2,(H,27,30)/t21-,22?,23-,25?/m1/s1. The van der Waals surface area contributed by atoms with Crippen LogP contribution < -0.4 is 10.1 Å². The van der Waals surface area contributed by atoms with Crippen LogP contribution >= 0.6 is 0 Å². The summed E-state index contributed by atoms with van der Waals surface area (Å²) in [6.07, 6.45) is 3.24. The minimum Gasteiger partial charge on any atom is -0.489 e. The zero-order valence-corrected chi connectivity index (χ0v) is 18.6. The van der Waals surface area contributed by atoms with Crippen molar-refractivity contribution in [1.82, 2.24) is 15.1 Å². The van der Waals surface area contributed by atoms with Crippen LogP contribution in [0.5, 0.6) is 5.75 Å². The van der Waals surface area contributed by atoms with Crippen molar-refractivity contribution in [2.24, 2.45) is 0 Å². The first kappa shape index (κ1) is 20.7. The van der Waals surface area contributed by atoms with E-state index in [1.54, 1.807) is 4.90 Å². The Labute approximate surface area is 193 Å². The molecule has 6 rings (SSSR count). The Kier molecular flexibility index (Phi) is 5.11. The van der Waals surface area contributed by atoms with Crippen molar-refractivity contribution in [3.05, 3.63) is 64.7 Å². The number of benzene rings is 2. The van der Waals surface area contributed by atoms with E-state index in [9.17, 15) is 14.7 Å². The minimum atomic E-state index is -1.02. The zero-order chi connectivity index (χ0) is 22.5. The molecular formula is C26H29N3O4. The molecule has 3 aliphatic heterocycles. The van der Waals surface area contributed by atoms with Crippen LogP contribution in [0.2, 0.25) is 0 Å². The fourth-order valence-electron chi connectivity index (χ4n) is 5.99. The van der Waals surface area contributed by atoms with Gasteiger partial charge in [-0.1, -0.05) is 24.3 Å². The van der Waals surface area contributed by atoms with Crippen LogP contribution in [0.25, 0.3) is 0 Å². The number of hydrogen-bond acceptors (Lipinski definition) is 5. The fraction of sp³-hybridized carbons (Fsp3) is 0.462. The van der Waals surface area contributed by atoms with Crippen molar-refractivity contribution in [3.8, 4) is 5.75 Å². The van der Waals surface area contributed by atoms with Crippen molar-refractivity contribution in [1.29, 1.82) is 0 Å². The van der Waals surface area contributed by atoms with Crippen molar-refractivity contribution in [2.45, 2.75) is 76.2 Å². The van der Waals surface area contributed by atoms with Gasteiger partial charge >= 0.3 is 0 Å². The quantitative estimate of drug-likeness (QED) is 0.753. The highest BCUT2D eigenvalue weighted by Gasteiger charge is 2.40. The molecule has 0 bridgehead atoms. The lowest BCUT2D eigenvalue weighted by Gasteiger charge is -2.35. The summed E-state index contributed by atoms with van der Waals surface area (Å²) in [5.74, 6) is 0.533. The van der Waals surface area contributed by atoms with Gasteiger partial charge in [0.25, 0.3) is 5.91 Å². The Morgan fingerprint density at radius 1 is 0.909 bits per heavy atom. The summed E-state index contributed by atoms with van der Waals surface area (Å²) in [6, 6.07) is 14.4. The Morgan fingerprint density at radius 3 is 2.45 bits per heavy atom. The van der Waals surface area contributed by atoms with Gasteiger partial charge in [0.2, 0.25) is 5.91 Å². The smallest absolute Gasteiger partial charge is 0.254 e. The summed E-state index contributed by atoms with van der Waals surface area (Å²) >= 11 is 0. The number of carbonyl (C=O) groups is 2. The average Bonchev–Trinajstić information content (AvgIpc) is 3.51. The van der Waals surface area contributed by atoms with Crippen LogP contribution in [0.4, 0.5) is 0 Å². The molecule has 2 aromatic rings. The molecule has 1 saturated carbocycles. The van der Waals surface area contributed by atoms with E-state index < -0.39 is 12.3 Å². The highest BCUT2D eigenvalue weighted by Crippen LogP contribution is 2.36. The molecule has 33 heavy (non-hydrogen) atoms. The van der Waals surface area contributed by atoms with Gasteiger partial charge in [0.05, 0.1) is 6.04 Å². The van der Waals surface area contributed by atoms with Crippen molar-refractivity contribution in [2.75, 3.05) is 0 Å². The normalized spacial score (nSPS) is 29.2. The molecule has 0 aromatic heterocycles. The maximum Gasteiger partial charge on any atom is 0.254 e. The van der Waals surface area contributed by atoms with Gasteiger partial charge < -0.3 is 20.1 Å². The maximum absolute atomic E-state index is 13.0. The molecule has 172 valence electrons. The van der Waals surface area contributed by atoms with E-state index in [1.165, 1.54) is 11.1 Å². The predicted molar refractivity (Wildman–Crippen MR) is 121 cm³/mol. The van der Waals surface area contributed by atoms with E-state index in [1.807, 2.05) is 18.2 Å². The molecule has 2 N–H and O–H groups in total. The number of fused-ring (bicyclic) bond motifs is 2. The zero-order valence-electron chi connectivity index (χ0n) is 18.6. The van der Waals surface area contributed by atoms with Gasteiger partial charge in [-0.3, -0.25) is 14.5 Å². The monoisotopic (exact) mass is 447 g/mol. The van der Waals surface area contributed by atoms with Gasteiger partial charge in [-0.05, 0) is 60.6 Å². The molecule has 1 aliphatic carbocycles. The topological polar surface area (TPSA) is 82.1 Å². The second-order valence-corrected chi connectivity index (χ2v) is 9.70. The first-order valence-electron chi connectivity index (χ1n) is 12.0. The molecule has 2 fully saturated rings. The summed E-state index contributed by atoms with van der Waals surface area (Å²) in [5, 5.41) is 12.8. The van der Waals surface area contributed by atoms with Gasteiger partial charge in [-0.15, -0.1) is 0 Å². The molecule has 3 heterocycles. The number of piperidine rings is 1. The molecule has 2 amide bonds. The third-order valence-corrected chi connectivity index (χ3v) is 7.69. The predicted octanol–water partition coefficient (Wildman–Crippen LogP) is 2.56. The van der Waals surface area contributed by atoms with Crippen LogP contribution in [-0.4, -0.2) is 51.1 Å². The van der Waals surface area contributed by atoms with E-state index in [0.29, 0.717) is 31.0 Å². The van der Waals surface area contributed by atoms with Gasteiger partial charge in [-0.25, -0.2) is 0 Å². The second kappa shape index (κ2) is 8.15. The summed E-state index contributed by atoms with van der Waals surface area (Å²) in [5.41, 5.74) is 4.41. The van der Waals surface area contributed by atoms with Gasteiger partial charge in [0, 0.05) is 37.7 Å². The van der Waals surface area contributed by atoms with Gasteiger partial charge in [-0.2, -0.15) is 0 Å². The number of amides is 2. The molecule has 1 saturated heterocycles. The van der Waals surface area contributed by atoms with Crippen molar-refractivity contribution >= 4 is 11.8 Å². The molecule has 4 aliphatic rings. The second-order valence-electron chi connectivity index (χ2n) is 9.70. The fourth-order valence-corrected chi connectivity index (χ4v) is 5.99. The number of nitrogens with one attached hydrogen (secondary N) is 1. The van der Waals surface area contributed by atoms with Crippen LogP contribution in [0.1, 0.15) is 59.2 Å². The first-order valence-corrected chi connectivity index (χ1v) is 12.0. The summed E-state index contributed by atoms with van der Waals surface area (Å²) < 4.78 is 6.50. The average molecular weight is 448 g/mol.